The van der Waals surface area contributed by atoms with Gasteiger partial charge in [0.1, 0.15) is 0 Å². The van der Waals surface area contributed by atoms with E-state index in [1.807, 2.05) is 30.3 Å². The monoisotopic (exact) mass is 361 g/mol. The lowest BCUT2D eigenvalue weighted by atomic mass is 10.00. The molecule has 1 aliphatic rings. The average Bonchev–Trinajstić information content (AvgIpc) is 2.79. The number of rotatable bonds is 3. The fourth-order valence-electron chi connectivity index (χ4n) is 3.64. The minimum absolute atomic E-state index is 0.880. The standard InChI is InChI=1S/C25H19N3/c1-2-10-20(11-3-1)28-24-15-5-4-9-19(24)16-17-25(28)23-14-8-13-22(27-23)21-12-6-7-18-26-21/h1-15,17-18H,16H2. The van der Waals surface area contributed by atoms with Gasteiger partial charge < -0.3 is 4.90 Å². The Morgan fingerprint density at radius 3 is 2.25 bits per heavy atom. The molecule has 0 bridgehead atoms. The van der Waals surface area contributed by atoms with Crippen LogP contribution in [-0.2, 0) is 6.42 Å². The van der Waals surface area contributed by atoms with Crippen LogP contribution in [0.5, 0.6) is 0 Å². The van der Waals surface area contributed by atoms with Crippen LogP contribution in [0.25, 0.3) is 17.1 Å². The van der Waals surface area contributed by atoms with E-state index in [9.17, 15) is 0 Å². The van der Waals surface area contributed by atoms with Crippen molar-refractivity contribution in [2.24, 2.45) is 0 Å². The minimum atomic E-state index is 0.880. The molecule has 3 nitrogen and oxygen atoms in total. The molecule has 0 amide bonds. The van der Waals surface area contributed by atoms with E-state index in [-0.39, 0.29) is 0 Å². The number of nitrogens with zero attached hydrogens (tertiary/aromatic N) is 3. The summed E-state index contributed by atoms with van der Waals surface area (Å²) in [5.74, 6) is 0. The average molecular weight is 361 g/mol. The van der Waals surface area contributed by atoms with Gasteiger partial charge in [0.05, 0.1) is 22.8 Å². The summed E-state index contributed by atoms with van der Waals surface area (Å²) in [6.07, 6.45) is 4.96. The zero-order valence-electron chi connectivity index (χ0n) is 15.4. The fourth-order valence-corrected chi connectivity index (χ4v) is 3.64. The van der Waals surface area contributed by atoms with Gasteiger partial charge in [-0.1, -0.05) is 54.6 Å². The lowest BCUT2D eigenvalue weighted by Crippen LogP contribution is -2.21. The van der Waals surface area contributed by atoms with Gasteiger partial charge in [-0.05, 0) is 54.4 Å². The largest absolute Gasteiger partial charge is 0.308 e. The maximum atomic E-state index is 4.94. The number of fused-ring (bicyclic) bond motifs is 1. The van der Waals surface area contributed by atoms with Gasteiger partial charge >= 0.3 is 0 Å². The molecule has 0 fully saturated rings. The van der Waals surface area contributed by atoms with E-state index < -0.39 is 0 Å². The number of aromatic nitrogens is 2. The summed E-state index contributed by atoms with van der Waals surface area (Å²) >= 11 is 0. The predicted molar refractivity (Wildman–Crippen MR) is 114 cm³/mol. The van der Waals surface area contributed by atoms with E-state index in [4.69, 9.17) is 4.98 Å². The highest BCUT2D eigenvalue weighted by atomic mass is 15.2. The van der Waals surface area contributed by atoms with Gasteiger partial charge in [0.2, 0.25) is 0 Å². The van der Waals surface area contributed by atoms with Gasteiger partial charge in [-0.2, -0.15) is 0 Å². The Bertz CT molecular complexity index is 1130. The number of benzene rings is 2. The highest BCUT2D eigenvalue weighted by molar-refractivity contribution is 5.90. The van der Waals surface area contributed by atoms with Gasteiger partial charge in [0, 0.05) is 17.6 Å². The summed E-state index contributed by atoms with van der Waals surface area (Å²) in [4.78, 5) is 11.7. The fraction of sp³-hybridized carbons (Fsp3) is 0.0400. The molecule has 0 saturated carbocycles. The van der Waals surface area contributed by atoms with Crippen LogP contribution < -0.4 is 4.90 Å². The molecular weight excluding hydrogens is 342 g/mol. The van der Waals surface area contributed by atoms with Crippen molar-refractivity contribution in [2.45, 2.75) is 6.42 Å². The number of anilines is 2. The molecule has 2 aromatic carbocycles. The van der Waals surface area contributed by atoms with Crippen molar-refractivity contribution >= 4 is 17.1 Å². The van der Waals surface area contributed by atoms with E-state index >= 15 is 0 Å². The Balaban J connectivity index is 1.64. The third-order valence-corrected chi connectivity index (χ3v) is 4.94. The van der Waals surface area contributed by atoms with Crippen molar-refractivity contribution < 1.29 is 0 Å². The van der Waals surface area contributed by atoms with Crippen LogP contribution in [0, 0.1) is 0 Å². The van der Waals surface area contributed by atoms with Crippen LogP contribution in [0.1, 0.15) is 11.3 Å². The van der Waals surface area contributed by atoms with Crippen molar-refractivity contribution in [3.63, 3.8) is 0 Å². The number of pyridine rings is 2. The number of para-hydroxylation sites is 2. The van der Waals surface area contributed by atoms with E-state index in [1.165, 1.54) is 11.3 Å². The van der Waals surface area contributed by atoms with Gasteiger partial charge in [-0.3, -0.25) is 4.98 Å². The second kappa shape index (κ2) is 7.12. The molecule has 3 heterocycles. The first-order chi connectivity index (χ1) is 13.9. The molecule has 3 heteroatoms. The summed E-state index contributed by atoms with van der Waals surface area (Å²) in [5.41, 5.74) is 7.46. The van der Waals surface area contributed by atoms with Crippen LogP contribution in [0.3, 0.4) is 0 Å². The molecule has 0 spiro atoms. The third-order valence-electron chi connectivity index (χ3n) is 4.94. The molecular formula is C25H19N3. The van der Waals surface area contributed by atoms with Crippen molar-refractivity contribution in [3.05, 3.63) is 115 Å². The van der Waals surface area contributed by atoms with Crippen molar-refractivity contribution in [1.82, 2.24) is 9.97 Å². The topological polar surface area (TPSA) is 29.0 Å². The van der Waals surface area contributed by atoms with Crippen molar-refractivity contribution in [2.75, 3.05) is 4.90 Å². The number of hydrogen-bond donors (Lipinski definition) is 0. The molecule has 0 radical (unpaired) electrons. The molecule has 2 aromatic heterocycles. The Kier molecular flexibility index (Phi) is 4.19. The minimum Gasteiger partial charge on any atom is -0.308 e. The molecule has 28 heavy (non-hydrogen) atoms. The Labute approximate surface area is 164 Å². The summed E-state index contributed by atoms with van der Waals surface area (Å²) < 4.78 is 0. The second-order valence-corrected chi connectivity index (χ2v) is 6.72. The van der Waals surface area contributed by atoms with E-state index in [0.717, 1.165) is 34.9 Å². The summed E-state index contributed by atoms with van der Waals surface area (Å²) in [7, 11) is 0. The molecule has 5 rings (SSSR count). The molecule has 134 valence electrons. The van der Waals surface area contributed by atoms with Gasteiger partial charge in [0.25, 0.3) is 0 Å². The molecule has 0 saturated heterocycles. The number of allylic oxidation sites excluding steroid dienone is 1. The van der Waals surface area contributed by atoms with E-state index in [2.05, 4.69) is 76.6 Å². The van der Waals surface area contributed by atoms with Crippen LogP contribution in [0.4, 0.5) is 11.4 Å². The molecule has 0 aliphatic carbocycles. The number of hydrogen-bond acceptors (Lipinski definition) is 3. The molecule has 0 N–H and O–H groups in total. The quantitative estimate of drug-likeness (QED) is 0.456. The zero-order chi connectivity index (χ0) is 18.8. The van der Waals surface area contributed by atoms with Crippen LogP contribution >= 0.6 is 0 Å². The Morgan fingerprint density at radius 1 is 0.643 bits per heavy atom. The van der Waals surface area contributed by atoms with Gasteiger partial charge in [-0.15, -0.1) is 0 Å². The predicted octanol–water partition coefficient (Wildman–Crippen LogP) is 5.88. The highest BCUT2D eigenvalue weighted by Gasteiger charge is 2.23. The first-order valence-corrected chi connectivity index (χ1v) is 9.42. The van der Waals surface area contributed by atoms with E-state index in [1.54, 1.807) is 6.20 Å². The zero-order valence-corrected chi connectivity index (χ0v) is 15.4. The van der Waals surface area contributed by atoms with Crippen LogP contribution in [-0.4, -0.2) is 9.97 Å². The summed E-state index contributed by atoms with van der Waals surface area (Å²) in [6, 6.07) is 31.1. The summed E-state index contributed by atoms with van der Waals surface area (Å²) in [6.45, 7) is 0. The second-order valence-electron chi connectivity index (χ2n) is 6.72. The lowest BCUT2D eigenvalue weighted by Gasteiger charge is -2.32. The summed E-state index contributed by atoms with van der Waals surface area (Å²) in [5, 5.41) is 0. The SMILES string of the molecule is C1=C(c2cccc(-c3ccccn3)n2)N(c2ccccc2)c2ccccc2C1. The van der Waals surface area contributed by atoms with Crippen LogP contribution in [0.15, 0.2) is 103 Å². The smallest absolute Gasteiger partial charge is 0.0894 e. The van der Waals surface area contributed by atoms with Gasteiger partial charge in [-0.25, -0.2) is 4.98 Å². The normalized spacial score (nSPS) is 13.0. The van der Waals surface area contributed by atoms with Crippen molar-refractivity contribution in [3.8, 4) is 11.4 Å². The van der Waals surface area contributed by atoms with Crippen molar-refractivity contribution in [1.29, 1.82) is 0 Å². The Morgan fingerprint density at radius 2 is 1.39 bits per heavy atom. The first kappa shape index (κ1) is 16.5. The third kappa shape index (κ3) is 2.97. The first-order valence-electron chi connectivity index (χ1n) is 9.42. The molecule has 1 aliphatic heterocycles. The van der Waals surface area contributed by atoms with E-state index in [0.29, 0.717) is 0 Å². The molecule has 0 atom stereocenters. The maximum Gasteiger partial charge on any atom is 0.0894 e. The highest BCUT2D eigenvalue weighted by Crippen LogP contribution is 2.39. The molecule has 0 unspecified atom stereocenters. The van der Waals surface area contributed by atoms with Crippen LogP contribution in [0.2, 0.25) is 0 Å². The Hall–Kier alpha value is -3.72. The molecule has 4 aromatic rings. The van der Waals surface area contributed by atoms with Gasteiger partial charge in [0.15, 0.2) is 0 Å². The maximum absolute atomic E-state index is 4.94. The lowest BCUT2D eigenvalue weighted by molar-refractivity contribution is 1.12.